The molecule has 1 N–H and O–H groups in total. The van der Waals surface area contributed by atoms with Crippen LogP contribution >= 0.6 is 0 Å². The fourth-order valence-electron chi connectivity index (χ4n) is 1.81. The van der Waals surface area contributed by atoms with Gasteiger partial charge in [0.15, 0.2) is 6.61 Å². The number of nitrogens with one attached hydrogen (secondary N) is 1. The van der Waals surface area contributed by atoms with Crippen LogP contribution in [0.15, 0.2) is 30.3 Å². The van der Waals surface area contributed by atoms with Gasteiger partial charge < -0.3 is 10.1 Å². The van der Waals surface area contributed by atoms with E-state index in [2.05, 4.69) is 5.32 Å². The van der Waals surface area contributed by atoms with Gasteiger partial charge in [0, 0.05) is 6.42 Å². The smallest absolute Gasteiger partial charge is 0.332 e. The number of morpholine rings is 1. The molecule has 0 bridgehead atoms. The predicted octanol–water partition coefficient (Wildman–Crippen LogP) is 0.661. The highest BCUT2D eigenvalue weighted by molar-refractivity contribution is 5.93. The lowest BCUT2D eigenvalue weighted by Gasteiger charge is -2.32. The molecule has 1 atom stereocenters. The maximum absolute atomic E-state index is 11.6. The summed E-state index contributed by atoms with van der Waals surface area (Å²) in [7, 11) is 0. The van der Waals surface area contributed by atoms with Gasteiger partial charge in [-0.1, -0.05) is 30.3 Å². The lowest BCUT2D eigenvalue weighted by Crippen LogP contribution is -2.59. The second kappa shape index (κ2) is 3.96. The van der Waals surface area contributed by atoms with Gasteiger partial charge in [-0.3, -0.25) is 4.79 Å². The van der Waals surface area contributed by atoms with Gasteiger partial charge in [0.25, 0.3) is 5.91 Å². The van der Waals surface area contributed by atoms with E-state index < -0.39 is 5.54 Å². The minimum Gasteiger partial charge on any atom is -0.454 e. The van der Waals surface area contributed by atoms with Crippen LogP contribution in [-0.2, 0) is 20.7 Å². The minimum atomic E-state index is -0.948. The van der Waals surface area contributed by atoms with E-state index >= 15 is 0 Å². The van der Waals surface area contributed by atoms with Crippen molar-refractivity contribution in [3.8, 4) is 0 Å². The molecule has 84 valence electrons. The summed E-state index contributed by atoms with van der Waals surface area (Å²) in [5, 5.41) is 2.68. The topological polar surface area (TPSA) is 55.4 Å². The molecule has 1 aromatic rings. The molecule has 4 nitrogen and oxygen atoms in total. The summed E-state index contributed by atoms with van der Waals surface area (Å²) in [5.74, 6) is -0.631. The average Bonchev–Trinajstić information content (AvgIpc) is 2.25. The Bertz CT molecular complexity index is 416. The molecular formula is C12H13NO3. The Hall–Kier alpha value is -1.84. The van der Waals surface area contributed by atoms with Crippen molar-refractivity contribution >= 4 is 11.9 Å². The number of carbonyl (C=O) groups is 2. The number of amides is 1. The molecule has 1 heterocycles. The lowest BCUT2D eigenvalue weighted by molar-refractivity contribution is -0.162. The van der Waals surface area contributed by atoms with E-state index in [-0.39, 0.29) is 18.5 Å². The quantitative estimate of drug-likeness (QED) is 0.743. The first-order chi connectivity index (χ1) is 7.60. The van der Waals surface area contributed by atoms with Crippen molar-refractivity contribution in [1.29, 1.82) is 0 Å². The maximum Gasteiger partial charge on any atom is 0.332 e. The fraction of sp³-hybridized carbons (Fsp3) is 0.333. The van der Waals surface area contributed by atoms with E-state index in [4.69, 9.17) is 4.74 Å². The van der Waals surface area contributed by atoms with Gasteiger partial charge in [-0.15, -0.1) is 0 Å². The molecule has 1 aliphatic heterocycles. The molecule has 1 amide bonds. The monoisotopic (exact) mass is 219 g/mol. The number of cyclic esters (lactones) is 1. The normalized spacial score (nSPS) is 24.8. The van der Waals surface area contributed by atoms with Gasteiger partial charge in [0.1, 0.15) is 5.54 Å². The molecule has 0 aromatic heterocycles. The summed E-state index contributed by atoms with van der Waals surface area (Å²) in [4.78, 5) is 22.9. The van der Waals surface area contributed by atoms with Gasteiger partial charge in [0.2, 0.25) is 0 Å². The van der Waals surface area contributed by atoms with Crippen molar-refractivity contribution in [2.45, 2.75) is 18.9 Å². The van der Waals surface area contributed by atoms with Crippen LogP contribution < -0.4 is 5.32 Å². The summed E-state index contributed by atoms with van der Waals surface area (Å²) >= 11 is 0. The van der Waals surface area contributed by atoms with Crippen LogP contribution in [0.1, 0.15) is 12.5 Å². The Kier molecular flexibility index (Phi) is 2.64. The van der Waals surface area contributed by atoms with Crippen LogP contribution in [0.2, 0.25) is 0 Å². The molecule has 16 heavy (non-hydrogen) atoms. The zero-order chi connectivity index (χ0) is 11.6. The fourth-order valence-corrected chi connectivity index (χ4v) is 1.81. The van der Waals surface area contributed by atoms with Crippen LogP contribution in [0.3, 0.4) is 0 Å². The van der Waals surface area contributed by atoms with Gasteiger partial charge in [-0.05, 0) is 12.5 Å². The molecule has 1 unspecified atom stereocenters. The summed E-state index contributed by atoms with van der Waals surface area (Å²) in [6.45, 7) is 1.50. The van der Waals surface area contributed by atoms with Crippen LogP contribution in [0.25, 0.3) is 0 Å². The van der Waals surface area contributed by atoms with E-state index in [9.17, 15) is 9.59 Å². The molecular weight excluding hydrogens is 206 g/mol. The van der Waals surface area contributed by atoms with E-state index in [1.54, 1.807) is 6.92 Å². The summed E-state index contributed by atoms with van der Waals surface area (Å²) < 4.78 is 4.83. The van der Waals surface area contributed by atoms with Crippen LogP contribution in [0.4, 0.5) is 0 Å². The molecule has 0 saturated carbocycles. The number of esters is 1. The molecule has 1 fully saturated rings. The number of benzene rings is 1. The van der Waals surface area contributed by atoms with E-state index in [1.807, 2.05) is 30.3 Å². The van der Waals surface area contributed by atoms with Crippen molar-refractivity contribution in [2.75, 3.05) is 6.61 Å². The van der Waals surface area contributed by atoms with Crippen LogP contribution in [-0.4, -0.2) is 24.0 Å². The van der Waals surface area contributed by atoms with E-state index in [1.165, 1.54) is 0 Å². The third-order valence-corrected chi connectivity index (χ3v) is 2.60. The van der Waals surface area contributed by atoms with Gasteiger partial charge in [-0.25, -0.2) is 4.79 Å². The summed E-state index contributed by atoms with van der Waals surface area (Å²) in [6, 6.07) is 9.53. The molecule has 0 aliphatic carbocycles. The van der Waals surface area contributed by atoms with Gasteiger partial charge in [0.05, 0.1) is 0 Å². The zero-order valence-corrected chi connectivity index (χ0v) is 9.03. The largest absolute Gasteiger partial charge is 0.454 e. The Morgan fingerprint density at radius 1 is 1.31 bits per heavy atom. The van der Waals surface area contributed by atoms with E-state index in [0.29, 0.717) is 6.42 Å². The molecule has 1 aromatic carbocycles. The molecule has 0 spiro atoms. The number of rotatable bonds is 2. The number of hydrogen-bond donors (Lipinski definition) is 1. The zero-order valence-electron chi connectivity index (χ0n) is 9.03. The van der Waals surface area contributed by atoms with Gasteiger partial charge in [-0.2, -0.15) is 0 Å². The molecule has 1 aliphatic rings. The molecule has 2 rings (SSSR count). The highest BCUT2D eigenvalue weighted by Gasteiger charge is 2.40. The number of hydrogen-bond acceptors (Lipinski definition) is 3. The predicted molar refractivity (Wildman–Crippen MR) is 57.7 cm³/mol. The maximum atomic E-state index is 11.6. The Morgan fingerprint density at radius 2 is 2.00 bits per heavy atom. The van der Waals surface area contributed by atoms with Crippen molar-refractivity contribution in [3.05, 3.63) is 35.9 Å². The first-order valence-electron chi connectivity index (χ1n) is 5.12. The number of ether oxygens (including phenoxy) is 1. The second-order valence-corrected chi connectivity index (χ2v) is 4.12. The lowest BCUT2D eigenvalue weighted by atomic mass is 9.92. The van der Waals surface area contributed by atoms with E-state index in [0.717, 1.165) is 5.56 Å². The van der Waals surface area contributed by atoms with Crippen molar-refractivity contribution in [3.63, 3.8) is 0 Å². The Labute approximate surface area is 93.6 Å². The third-order valence-electron chi connectivity index (χ3n) is 2.60. The second-order valence-electron chi connectivity index (χ2n) is 4.12. The van der Waals surface area contributed by atoms with Crippen molar-refractivity contribution in [2.24, 2.45) is 0 Å². The Balaban J connectivity index is 2.18. The third kappa shape index (κ3) is 2.05. The molecule has 4 heteroatoms. The minimum absolute atomic E-state index is 0.177. The first kappa shape index (κ1) is 10.7. The Morgan fingerprint density at radius 3 is 2.69 bits per heavy atom. The SMILES string of the molecule is CC1(Cc2ccccc2)NC(=O)COC1=O. The molecule has 1 saturated heterocycles. The molecule has 0 radical (unpaired) electrons. The van der Waals surface area contributed by atoms with Crippen LogP contribution in [0.5, 0.6) is 0 Å². The standard InChI is InChI=1S/C12H13NO3/c1-12(7-9-5-3-2-4-6-9)11(15)16-8-10(14)13-12/h2-6H,7-8H2,1H3,(H,13,14). The van der Waals surface area contributed by atoms with Crippen LogP contribution in [0, 0.1) is 0 Å². The van der Waals surface area contributed by atoms with Gasteiger partial charge >= 0.3 is 5.97 Å². The average molecular weight is 219 g/mol. The van der Waals surface area contributed by atoms with Crippen molar-refractivity contribution in [1.82, 2.24) is 5.32 Å². The van der Waals surface area contributed by atoms with Crippen molar-refractivity contribution < 1.29 is 14.3 Å². The number of carbonyl (C=O) groups excluding carboxylic acids is 2. The highest BCUT2D eigenvalue weighted by atomic mass is 16.5. The summed E-state index contributed by atoms with van der Waals surface area (Å²) in [6.07, 6.45) is 0.443. The first-order valence-corrected chi connectivity index (χ1v) is 5.12. The summed E-state index contributed by atoms with van der Waals surface area (Å²) in [5.41, 5.74) is 0.0422. The highest BCUT2D eigenvalue weighted by Crippen LogP contribution is 2.17.